The Morgan fingerprint density at radius 1 is 0.968 bits per heavy atom. The van der Waals surface area contributed by atoms with Crippen molar-refractivity contribution in [3.63, 3.8) is 0 Å². The summed E-state index contributed by atoms with van der Waals surface area (Å²) in [7, 11) is -3.55. The quantitative estimate of drug-likeness (QED) is 0.331. The van der Waals surface area contributed by atoms with Gasteiger partial charge in [-0.1, -0.05) is 72.8 Å². The van der Waals surface area contributed by atoms with Gasteiger partial charge in [-0.2, -0.15) is 0 Å². The number of allylic oxidation sites excluding steroid dienone is 1. The molecule has 2 aromatic rings. The first-order valence-corrected chi connectivity index (χ1v) is 12.2. The van der Waals surface area contributed by atoms with E-state index in [1.807, 2.05) is 30.3 Å². The van der Waals surface area contributed by atoms with Gasteiger partial charge >= 0.3 is 0 Å². The molecule has 1 atom stereocenters. The summed E-state index contributed by atoms with van der Waals surface area (Å²) in [5, 5.41) is 1.83. The second kappa shape index (κ2) is 10.9. The van der Waals surface area contributed by atoms with Crippen molar-refractivity contribution in [2.45, 2.75) is 36.8 Å². The van der Waals surface area contributed by atoms with Gasteiger partial charge in [-0.3, -0.25) is 9.59 Å². The number of rotatable bonds is 11. The minimum Gasteiger partial charge on any atom is -0.354 e. The van der Waals surface area contributed by atoms with E-state index in [-0.39, 0.29) is 30.5 Å². The van der Waals surface area contributed by atoms with E-state index >= 15 is 0 Å². The Hall–Kier alpha value is -2.93. The lowest BCUT2D eigenvalue weighted by Gasteiger charge is -2.39. The smallest absolute Gasteiger partial charge is 0.239 e. The number of carbonyl (C=O) groups excluding carboxylic acids is 2. The number of amides is 2. The maximum Gasteiger partial charge on any atom is 0.239 e. The lowest BCUT2D eigenvalue weighted by molar-refractivity contribution is -0.145. The topological polar surface area (TPSA) is 83.6 Å². The van der Waals surface area contributed by atoms with Crippen LogP contribution < -0.4 is 5.32 Å². The van der Waals surface area contributed by atoms with Crippen LogP contribution in [-0.4, -0.2) is 43.6 Å². The van der Waals surface area contributed by atoms with Crippen LogP contribution in [0.3, 0.4) is 0 Å². The van der Waals surface area contributed by atoms with Crippen molar-refractivity contribution >= 4 is 21.7 Å². The first-order chi connectivity index (χ1) is 15.0. The summed E-state index contributed by atoms with van der Waals surface area (Å²) in [6, 6.07) is 19.1. The SMILES string of the molecule is O=C(CN1C(=O)CC1S(=O)(=O)Cc1ccccc1)NCCC=CCCc1ccccc1. The van der Waals surface area contributed by atoms with Crippen molar-refractivity contribution in [3.8, 4) is 0 Å². The fourth-order valence-electron chi connectivity index (χ4n) is 3.47. The summed E-state index contributed by atoms with van der Waals surface area (Å²) in [5.74, 6) is -0.791. The number of nitrogens with zero attached hydrogens (tertiary/aromatic N) is 1. The molecule has 164 valence electrons. The van der Waals surface area contributed by atoms with Crippen LogP contribution >= 0.6 is 0 Å². The van der Waals surface area contributed by atoms with Gasteiger partial charge in [-0.05, 0) is 30.4 Å². The third-order valence-corrected chi connectivity index (χ3v) is 7.18. The number of likely N-dealkylation sites (tertiary alicyclic amines) is 1. The van der Waals surface area contributed by atoms with Crippen molar-refractivity contribution < 1.29 is 18.0 Å². The molecule has 1 fully saturated rings. The Morgan fingerprint density at radius 2 is 1.58 bits per heavy atom. The van der Waals surface area contributed by atoms with Crippen molar-refractivity contribution in [2.75, 3.05) is 13.1 Å². The highest BCUT2D eigenvalue weighted by molar-refractivity contribution is 7.91. The molecule has 1 aliphatic rings. The molecule has 0 spiro atoms. The number of hydrogen-bond donors (Lipinski definition) is 1. The largest absolute Gasteiger partial charge is 0.354 e. The highest BCUT2D eigenvalue weighted by Gasteiger charge is 2.45. The van der Waals surface area contributed by atoms with Crippen LogP contribution in [0, 0.1) is 0 Å². The Kier molecular flexibility index (Phi) is 8.00. The van der Waals surface area contributed by atoms with E-state index in [1.165, 1.54) is 5.56 Å². The molecule has 2 aromatic carbocycles. The average Bonchev–Trinajstić information content (AvgIpc) is 2.76. The van der Waals surface area contributed by atoms with Crippen LogP contribution in [0.25, 0.3) is 0 Å². The predicted octanol–water partition coefficient (Wildman–Crippen LogP) is 2.86. The fraction of sp³-hybridized carbons (Fsp3) is 0.333. The lowest BCUT2D eigenvalue weighted by Crippen LogP contribution is -2.59. The third kappa shape index (κ3) is 6.79. The summed E-state index contributed by atoms with van der Waals surface area (Å²) in [4.78, 5) is 25.2. The molecule has 2 amide bonds. The van der Waals surface area contributed by atoms with Crippen LogP contribution in [0.2, 0.25) is 0 Å². The van der Waals surface area contributed by atoms with Crippen molar-refractivity contribution in [3.05, 3.63) is 83.9 Å². The minimum absolute atomic E-state index is 0.0629. The van der Waals surface area contributed by atoms with Crippen LogP contribution in [-0.2, 0) is 31.6 Å². The molecule has 7 heteroatoms. The zero-order valence-electron chi connectivity index (χ0n) is 17.4. The van der Waals surface area contributed by atoms with Gasteiger partial charge in [-0.25, -0.2) is 8.42 Å². The normalized spacial score (nSPS) is 16.3. The second-order valence-electron chi connectivity index (χ2n) is 7.61. The van der Waals surface area contributed by atoms with Gasteiger partial charge in [0.25, 0.3) is 0 Å². The van der Waals surface area contributed by atoms with E-state index in [9.17, 15) is 18.0 Å². The van der Waals surface area contributed by atoms with Gasteiger partial charge in [0.05, 0.1) is 12.2 Å². The molecular weight excluding hydrogens is 412 g/mol. The molecule has 1 unspecified atom stereocenters. The number of benzene rings is 2. The Morgan fingerprint density at radius 3 is 2.23 bits per heavy atom. The van der Waals surface area contributed by atoms with E-state index in [1.54, 1.807) is 24.3 Å². The minimum atomic E-state index is -3.55. The van der Waals surface area contributed by atoms with Crippen molar-refractivity contribution in [1.82, 2.24) is 10.2 Å². The molecule has 1 saturated heterocycles. The molecule has 0 radical (unpaired) electrons. The van der Waals surface area contributed by atoms with Crippen LogP contribution in [0.1, 0.15) is 30.4 Å². The van der Waals surface area contributed by atoms with Gasteiger partial charge < -0.3 is 10.2 Å². The number of β-lactam (4-membered cyclic amide) rings is 1. The zero-order valence-corrected chi connectivity index (χ0v) is 18.3. The highest BCUT2D eigenvalue weighted by Crippen LogP contribution is 2.26. The van der Waals surface area contributed by atoms with E-state index in [4.69, 9.17) is 0 Å². The van der Waals surface area contributed by atoms with Crippen molar-refractivity contribution in [1.29, 1.82) is 0 Å². The summed E-state index contributed by atoms with van der Waals surface area (Å²) < 4.78 is 25.3. The lowest BCUT2D eigenvalue weighted by atomic mass is 10.1. The third-order valence-electron chi connectivity index (χ3n) is 5.20. The maximum atomic E-state index is 12.6. The Labute approximate surface area is 183 Å². The summed E-state index contributed by atoms with van der Waals surface area (Å²) >= 11 is 0. The van der Waals surface area contributed by atoms with Gasteiger partial charge in [0.1, 0.15) is 11.9 Å². The van der Waals surface area contributed by atoms with Gasteiger partial charge in [-0.15, -0.1) is 0 Å². The molecule has 0 bridgehead atoms. The predicted molar refractivity (Wildman–Crippen MR) is 121 cm³/mol. The number of carbonyl (C=O) groups is 2. The number of hydrogen-bond acceptors (Lipinski definition) is 4. The number of nitrogens with one attached hydrogen (secondary N) is 1. The molecule has 1 N–H and O–H groups in total. The average molecular weight is 441 g/mol. The zero-order chi connectivity index (χ0) is 22.1. The maximum absolute atomic E-state index is 12.6. The fourth-order valence-corrected chi connectivity index (χ4v) is 5.30. The molecule has 1 aliphatic heterocycles. The van der Waals surface area contributed by atoms with Gasteiger partial charge in [0.2, 0.25) is 11.8 Å². The summed E-state index contributed by atoms with van der Waals surface area (Å²) in [5.41, 5.74) is 1.96. The monoisotopic (exact) mass is 440 g/mol. The Balaban J connectivity index is 1.38. The van der Waals surface area contributed by atoms with Gasteiger partial charge in [0.15, 0.2) is 9.84 Å². The van der Waals surface area contributed by atoms with Crippen LogP contribution in [0.4, 0.5) is 0 Å². The molecular formula is C24H28N2O4S. The van der Waals surface area contributed by atoms with Crippen molar-refractivity contribution in [2.24, 2.45) is 0 Å². The number of aryl methyl sites for hydroxylation is 1. The molecule has 0 aliphatic carbocycles. The van der Waals surface area contributed by atoms with E-state index in [0.717, 1.165) is 17.7 Å². The Bertz CT molecular complexity index is 1000. The standard InChI is InChI=1S/C24H28N2O4S/c27-22(25-16-10-2-1-5-11-20-12-6-3-7-13-20)18-26-23(28)17-24(26)31(29,30)19-21-14-8-4-9-15-21/h1-4,6-9,12-15,24H,5,10-11,16-19H2,(H,25,27). The summed E-state index contributed by atoms with van der Waals surface area (Å²) in [6.45, 7) is 0.222. The van der Waals surface area contributed by atoms with Crippen LogP contribution in [0.5, 0.6) is 0 Å². The highest BCUT2D eigenvalue weighted by atomic mass is 32.2. The second-order valence-corrected chi connectivity index (χ2v) is 9.77. The first kappa shape index (κ1) is 22.7. The van der Waals surface area contributed by atoms with Gasteiger partial charge in [0, 0.05) is 6.54 Å². The summed E-state index contributed by atoms with van der Waals surface area (Å²) in [6.07, 6.45) is 6.63. The van der Waals surface area contributed by atoms with E-state index in [2.05, 4.69) is 23.5 Å². The molecule has 1 heterocycles. The molecule has 3 rings (SSSR count). The van der Waals surface area contributed by atoms with Crippen LogP contribution in [0.15, 0.2) is 72.8 Å². The molecule has 0 aromatic heterocycles. The first-order valence-electron chi connectivity index (χ1n) is 10.5. The van der Waals surface area contributed by atoms with E-state index in [0.29, 0.717) is 18.5 Å². The number of sulfone groups is 1. The molecule has 6 nitrogen and oxygen atoms in total. The molecule has 31 heavy (non-hydrogen) atoms. The molecule has 0 saturated carbocycles. The van der Waals surface area contributed by atoms with E-state index < -0.39 is 15.2 Å².